The lowest BCUT2D eigenvalue weighted by Gasteiger charge is -2.55. The summed E-state index contributed by atoms with van der Waals surface area (Å²) in [6, 6.07) is 19.6. The van der Waals surface area contributed by atoms with E-state index in [0.29, 0.717) is 17.6 Å². The maximum atomic E-state index is 14.4. The van der Waals surface area contributed by atoms with E-state index in [-0.39, 0.29) is 56.1 Å². The first-order valence-corrected chi connectivity index (χ1v) is 15.9. The van der Waals surface area contributed by atoms with E-state index in [1.54, 1.807) is 37.5 Å². The summed E-state index contributed by atoms with van der Waals surface area (Å²) in [6.45, 7) is 4.70. The molecule has 0 bridgehead atoms. The number of hydrazine groups is 1. The number of amides is 4. The van der Waals surface area contributed by atoms with Crippen molar-refractivity contribution in [1.29, 1.82) is 0 Å². The first-order valence-electron chi connectivity index (χ1n) is 15.0. The minimum Gasteiger partial charge on any atom is -0.333 e. The van der Waals surface area contributed by atoms with Gasteiger partial charge in [0.2, 0.25) is 11.8 Å². The zero-order valence-corrected chi connectivity index (χ0v) is 25.7. The molecule has 2 aromatic heterocycles. The fraction of sp³-hybridized carbons (Fsp3) is 0.242. The van der Waals surface area contributed by atoms with Crippen LogP contribution in [0.5, 0.6) is 0 Å². The van der Waals surface area contributed by atoms with Gasteiger partial charge >= 0.3 is 11.7 Å². The monoisotopic (exact) mass is 636 g/mol. The summed E-state index contributed by atoms with van der Waals surface area (Å²) in [7, 11) is 0. The highest BCUT2D eigenvalue weighted by Crippen LogP contribution is 2.31. The number of fused-ring (bicyclic) bond motifs is 3. The van der Waals surface area contributed by atoms with Crippen LogP contribution in [0.15, 0.2) is 89.7 Å². The van der Waals surface area contributed by atoms with Gasteiger partial charge in [-0.1, -0.05) is 54.6 Å². The Morgan fingerprint density at radius 3 is 2.67 bits per heavy atom. The summed E-state index contributed by atoms with van der Waals surface area (Å²) in [5.41, 5.74) is 6.13. The van der Waals surface area contributed by atoms with Crippen molar-refractivity contribution >= 4 is 50.4 Å². The first kappa shape index (κ1) is 29.4. The maximum Gasteiger partial charge on any atom is 0.334 e. The molecule has 1 unspecified atom stereocenters. The number of benzene rings is 3. The van der Waals surface area contributed by atoms with Crippen molar-refractivity contribution in [2.45, 2.75) is 31.7 Å². The van der Waals surface area contributed by atoms with E-state index in [0.717, 1.165) is 26.9 Å². The van der Waals surface area contributed by atoms with E-state index in [9.17, 15) is 19.2 Å². The molecule has 2 aliphatic heterocycles. The number of nitrogens with zero attached hydrogens (tertiary/aromatic N) is 5. The molecule has 0 spiro atoms. The Morgan fingerprint density at radius 1 is 1.02 bits per heavy atom. The average Bonchev–Trinajstić information content (AvgIpc) is 3.68. The van der Waals surface area contributed by atoms with Crippen molar-refractivity contribution < 1.29 is 14.4 Å². The van der Waals surface area contributed by atoms with E-state index >= 15 is 0 Å². The average molecular weight is 637 g/mol. The lowest BCUT2D eigenvalue weighted by atomic mass is 9.98. The predicted octanol–water partition coefficient (Wildman–Crippen LogP) is 3.20. The molecule has 4 amide bonds. The number of carbonyl (C=O) groups excluding carboxylic acids is 3. The zero-order valence-electron chi connectivity index (χ0n) is 24.9. The number of hydrogen-bond acceptors (Lipinski definition) is 7. The fourth-order valence-corrected chi connectivity index (χ4v) is 7.13. The van der Waals surface area contributed by atoms with Crippen LogP contribution in [-0.4, -0.2) is 84.5 Å². The molecule has 234 valence electrons. The van der Waals surface area contributed by atoms with E-state index in [4.69, 9.17) is 0 Å². The number of nitrogens with one attached hydrogen (secondary N) is 3. The number of para-hydroxylation sites is 1. The number of urea groups is 1. The van der Waals surface area contributed by atoms with Crippen molar-refractivity contribution in [3.05, 3.63) is 112 Å². The molecule has 2 saturated heterocycles. The number of aromatic nitrogens is 3. The van der Waals surface area contributed by atoms with Gasteiger partial charge in [0.15, 0.2) is 0 Å². The van der Waals surface area contributed by atoms with Crippen molar-refractivity contribution in [3.8, 4) is 0 Å². The maximum absolute atomic E-state index is 14.4. The van der Waals surface area contributed by atoms with Gasteiger partial charge in [0.25, 0.3) is 0 Å². The molecule has 2 atom stereocenters. The molecule has 0 saturated carbocycles. The SMILES string of the molecule is C=CCN1CC(=O)N2C(CN(Cc3cccc4scnc34)C(=O)[C@@H]2Cc2ccc3[nH]c(=O)[nH]c3c2)N1C(=O)NCc1ccccc1. The van der Waals surface area contributed by atoms with Gasteiger partial charge in [-0.05, 0) is 34.9 Å². The van der Waals surface area contributed by atoms with Crippen molar-refractivity contribution in [2.75, 3.05) is 19.6 Å². The minimum atomic E-state index is -0.890. The molecule has 12 nitrogen and oxygen atoms in total. The van der Waals surface area contributed by atoms with Crippen LogP contribution in [0.2, 0.25) is 0 Å². The Hall–Kier alpha value is -5.27. The highest BCUT2D eigenvalue weighted by atomic mass is 32.1. The molecule has 46 heavy (non-hydrogen) atoms. The molecular weight excluding hydrogens is 604 g/mol. The highest BCUT2D eigenvalue weighted by molar-refractivity contribution is 7.16. The Morgan fingerprint density at radius 2 is 1.85 bits per heavy atom. The number of imidazole rings is 1. The molecule has 3 N–H and O–H groups in total. The number of thiazole rings is 1. The summed E-state index contributed by atoms with van der Waals surface area (Å²) < 4.78 is 1.01. The number of hydrogen-bond donors (Lipinski definition) is 3. The molecule has 5 aromatic rings. The van der Waals surface area contributed by atoms with Gasteiger partial charge in [-0.15, -0.1) is 17.9 Å². The van der Waals surface area contributed by atoms with Gasteiger partial charge in [0, 0.05) is 26.1 Å². The molecule has 2 aliphatic rings. The number of carbonyl (C=O) groups is 3. The van der Waals surface area contributed by atoms with Gasteiger partial charge in [0.1, 0.15) is 12.2 Å². The van der Waals surface area contributed by atoms with E-state index < -0.39 is 12.2 Å². The number of aromatic amines is 2. The van der Waals surface area contributed by atoms with Crippen LogP contribution in [0.3, 0.4) is 0 Å². The first-order chi connectivity index (χ1) is 22.4. The largest absolute Gasteiger partial charge is 0.334 e. The molecule has 7 rings (SSSR count). The summed E-state index contributed by atoms with van der Waals surface area (Å²) in [5.74, 6) is -0.476. The number of piperazine rings is 1. The van der Waals surface area contributed by atoms with Crippen molar-refractivity contribution in [2.24, 2.45) is 0 Å². The van der Waals surface area contributed by atoms with Gasteiger partial charge in [0.05, 0.1) is 39.9 Å². The van der Waals surface area contributed by atoms with E-state index in [1.807, 2.05) is 60.7 Å². The summed E-state index contributed by atoms with van der Waals surface area (Å²) in [6.07, 6.45) is 1.08. The fourth-order valence-electron chi connectivity index (χ4n) is 6.41. The van der Waals surface area contributed by atoms with Crippen LogP contribution in [-0.2, 0) is 29.1 Å². The molecule has 13 heteroatoms. The Labute approximate surface area is 267 Å². The molecule has 0 radical (unpaired) electrons. The molecule has 4 heterocycles. The molecule has 0 aliphatic carbocycles. The quantitative estimate of drug-likeness (QED) is 0.224. The molecule has 2 fully saturated rings. The van der Waals surface area contributed by atoms with Crippen LogP contribution < -0.4 is 11.0 Å². The Bertz CT molecular complexity index is 2000. The van der Waals surface area contributed by atoms with Gasteiger partial charge < -0.3 is 25.1 Å². The van der Waals surface area contributed by atoms with E-state index in [2.05, 4.69) is 26.8 Å². The number of H-pyrrole nitrogens is 2. The van der Waals surface area contributed by atoms with Crippen LogP contribution >= 0.6 is 11.3 Å². The normalized spacial score (nSPS) is 18.7. The number of rotatable bonds is 8. The second-order valence-electron chi connectivity index (χ2n) is 11.4. The highest BCUT2D eigenvalue weighted by Gasteiger charge is 2.51. The van der Waals surface area contributed by atoms with Crippen LogP contribution in [0.25, 0.3) is 21.3 Å². The molecule has 3 aromatic carbocycles. The van der Waals surface area contributed by atoms with Crippen molar-refractivity contribution in [3.63, 3.8) is 0 Å². The van der Waals surface area contributed by atoms with Crippen LogP contribution in [0.4, 0.5) is 4.79 Å². The Kier molecular flexibility index (Phi) is 7.84. The third-order valence-corrected chi connectivity index (χ3v) is 9.27. The van der Waals surface area contributed by atoms with Gasteiger partial charge in [-0.25, -0.2) is 24.6 Å². The van der Waals surface area contributed by atoms with Crippen LogP contribution in [0, 0.1) is 0 Å². The standard InChI is InChI=1S/C33H32N8O4S/c1-2-13-39-19-29(42)40-26(15-22-11-12-24-25(14-22)37-32(44)36-24)31(43)38(17-23-9-6-10-27-30(23)35-20-46-27)18-28(40)41(39)33(45)34-16-21-7-4-3-5-8-21/h2-12,14,20,26,28H,1,13,15-19H2,(H,34,45)(H2,36,37,44)/t26-,28?/m0/s1. The third kappa shape index (κ3) is 5.54. The Balaban J connectivity index is 1.26. The van der Waals surface area contributed by atoms with Crippen LogP contribution in [0.1, 0.15) is 16.7 Å². The minimum absolute atomic E-state index is 0.0899. The lowest BCUT2D eigenvalue weighted by molar-refractivity contribution is -0.189. The third-order valence-electron chi connectivity index (χ3n) is 8.48. The second-order valence-corrected chi connectivity index (χ2v) is 12.3. The molecular formula is C33H32N8O4S. The van der Waals surface area contributed by atoms with E-state index in [1.165, 1.54) is 11.3 Å². The summed E-state index contributed by atoms with van der Waals surface area (Å²) >= 11 is 1.53. The summed E-state index contributed by atoms with van der Waals surface area (Å²) in [4.78, 5) is 67.5. The van der Waals surface area contributed by atoms with Gasteiger partial charge in [-0.3, -0.25) is 9.59 Å². The second kappa shape index (κ2) is 12.3. The topological polar surface area (TPSA) is 138 Å². The van der Waals surface area contributed by atoms with Gasteiger partial charge in [-0.2, -0.15) is 0 Å². The van der Waals surface area contributed by atoms with Crippen molar-refractivity contribution in [1.82, 2.24) is 40.1 Å². The predicted molar refractivity (Wildman–Crippen MR) is 174 cm³/mol. The zero-order chi connectivity index (χ0) is 31.8. The smallest absolute Gasteiger partial charge is 0.333 e. The lowest BCUT2D eigenvalue weighted by Crippen LogP contribution is -2.76. The summed E-state index contributed by atoms with van der Waals surface area (Å²) in [5, 5.41) is 6.26.